The molecule has 1 amide bonds. The Morgan fingerprint density at radius 1 is 1.37 bits per heavy atom. The molecule has 0 saturated heterocycles. The van der Waals surface area contributed by atoms with Crippen LogP contribution in [0, 0.1) is 13.8 Å². The predicted molar refractivity (Wildman–Crippen MR) is 78.3 cm³/mol. The number of hydrogen-bond acceptors (Lipinski definition) is 2. The van der Waals surface area contributed by atoms with Gasteiger partial charge >= 0.3 is 0 Å². The van der Waals surface area contributed by atoms with Gasteiger partial charge in [-0.05, 0) is 57.7 Å². The van der Waals surface area contributed by atoms with Crippen LogP contribution in [0.25, 0.3) is 0 Å². The van der Waals surface area contributed by atoms with E-state index >= 15 is 0 Å². The van der Waals surface area contributed by atoms with E-state index in [0.717, 1.165) is 42.5 Å². The van der Waals surface area contributed by atoms with Crippen LogP contribution in [0.4, 0.5) is 0 Å². The van der Waals surface area contributed by atoms with Crippen LogP contribution in [0.3, 0.4) is 0 Å². The first-order valence-corrected chi connectivity index (χ1v) is 7.21. The highest BCUT2D eigenvalue weighted by Gasteiger charge is 2.29. The first-order chi connectivity index (χ1) is 9.13. The molecule has 1 aliphatic carbocycles. The quantitative estimate of drug-likeness (QED) is 0.884. The topological polar surface area (TPSA) is 46.3 Å². The number of hydrogen-bond donors (Lipinski definition) is 1. The number of benzene rings is 1. The van der Waals surface area contributed by atoms with Crippen LogP contribution in [-0.4, -0.2) is 29.9 Å². The smallest absolute Gasteiger partial charge is 0.254 e. The summed E-state index contributed by atoms with van der Waals surface area (Å²) in [5.41, 5.74) is 8.64. The van der Waals surface area contributed by atoms with Crippen molar-refractivity contribution in [1.29, 1.82) is 0 Å². The number of rotatable bonds is 5. The lowest BCUT2D eigenvalue weighted by atomic mass is 9.90. The van der Waals surface area contributed by atoms with Crippen molar-refractivity contribution < 1.29 is 4.79 Å². The molecule has 1 aliphatic rings. The number of carbonyl (C=O) groups excluding carboxylic acids is 1. The molecule has 0 aliphatic heterocycles. The molecule has 1 aromatic carbocycles. The van der Waals surface area contributed by atoms with E-state index in [0.29, 0.717) is 12.6 Å². The predicted octanol–water partition coefficient (Wildman–Crippen LogP) is 2.65. The third-order valence-corrected chi connectivity index (χ3v) is 4.00. The minimum absolute atomic E-state index is 0.180. The highest BCUT2D eigenvalue weighted by Crippen LogP contribution is 2.27. The fraction of sp³-hybridized carbons (Fsp3) is 0.562. The van der Waals surface area contributed by atoms with Crippen molar-refractivity contribution in [3.8, 4) is 0 Å². The second-order valence-corrected chi connectivity index (χ2v) is 5.54. The normalized spacial score (nSPS) is 15.1. The van der Waals surface area contributed by atoms with Gasteiger partial charge in [0.25, 0.3) is 5.91 Å². The number of carbonyl (C=O) groups is 1. The first kappa shape index (κ1) is 14.1. The summed E-state index contributed by atoms with van der Waals surface area (Å²) in [6, 6.07) is 6.52. The van der Waals surface area contributed by atoms with E-state index < -0.39 is 0 Å². The Morgan fingerprint density at radius 3 is 2.68 bits per heavy atom. The molecule has 3 heteroatoms. The van der Waals surface area contributed by atoms with Gasteiger partial charge in [-0.15, -0.1) is 0 Å². The summed E-state index contributed by atoms with van der Waals surface area (Å²) in [7, 11) is 0. The lowest BCUT2D eigenvalue weighted by molar-refractivity contribution is 0.0577. The van der Waals surface area contributed by atoms with E-state index in [-0.39, 0.29) is 5.91 Å². The molecule has 2 rings (SSSR count). The van der Waals surface area contributed by atoms with Crippen LogP contribution in [0.5, 0.6) is 0 Å². The maximum atomic E-state index is 12.7. The van der Waals surface area contributed by atoms with E-state index in [1.54, 1.807) is 0 Å². The van der Waals surface area contributed by atoms with Crippen LogP contribution >= 0.6 is 0 Å². The molecule has 19 heavy (non-hydrogen) atoms. The van der Waals surface area contributed by atoms with Crippen molar-refractivity contribution in [2.75, 3.05) is 13.1 Å². The Bertz CT molecular complexity index is 452. The van der Waals surface area contributed by atoms with E-state index in [9.17, 15) is 4.79 Å². The Balaban J connectivity index is 2.19. The summed E-state index contributed by atoms with van der Waals surface area (Å²) >= 11 is 0. The third-order valence-electron chi connectivity index (χ3n) is 4.00. The molecular weight excluding hydrogens is 236 g/mol. The summed E-state index contributed by atoms with van der Waals surface area (Å²) in [5.74, 6) is 0.180. The van der Waals surface area contributed by atoms with Crippen molar-refractivity contribution in [1.82, 2.24) is 4.90 Å². The van der Waals surface area contributed by atoms with Crippen LogP contribution in [-0.2, 0) is 0 Å². The van der Waals surface area contributed by atoms with Crippen molar-refractivity contribution >= 4 is 5.91 Å². The highest BCUT2D eigenvalue weighted by molar-refractivity contribution is 5.96. The van der Waals surface area contributed by atoms with Crippen LogP contribution in [0.2, 0.25) is 0 Å². The maximum absolute atomic E-state index is 12.7. The van der Waals surface area contributed by atoms with E-state index in [2.05, 4.69) is 6.07 Å². The summed E-state index contributed by atoms with van der Waals surface area (Å²) < 4.78 is 0. The number of aryl methyl sites for hydroxylation is 2. The SMILES string of the molecule is Cc1ccc(C)c(C(=O)N(CCCN)C2CCC2)c1. The molecule has 0 aromatic heterocycles. The summed E-state index contributed by atoms with van der Waals surface area (Å²) in [6.07, 6.45) is 4.40. The van der Waals surface area contributed by atoms with Gasteiger partial charge in [-0.3, -0.25) is 4.79 Å². The second-order valence-electron chi connectivity index (χ2n) is 5.54. The summed E-state index contributed by atoms with van der Waals surface area (Å²) in [4.78, 5) is 14.8. The van der Waals surface area contributed by atoms with Gasteiger partial charge in [-0.1, -0.05) is 17.7 Å². The van der Waals surface area contributed by atoms with E-state index in [4.69, 9.17) is 5.73 Å². The van der Waals surface area contributed by atoms with Crippen LogP contribution in [0.1, 0.15) is 47.2 Å². The van der Waals surface area contributed by atoms with Gasteiger partial charge in [0, 0.05) is 18.2 Å². The molecule has 0 spiro atoms. The van der Waals surface area contributed by atoms with Gasteiger partial charge < -0.3 is 10.6 Å². The molecule has 1 saturated carbocycles. The second kappa shape index (κ2) is 6.20. The Morgan fingerprint density at radius 2 is 2.11 bits per heavy atom. The Hall–Kier alpha value is -1.35. The van der Waals surface area contributed by atoms with Crippen LogP contribution in [0.15, 0.2) is 18.2 Å². The van der Waals surface area contributed by atoms with Crippen LogP contribution < -0.4 is 5.73 Å². The standard InChI is InChI=1S/C16H24N2O/c1-12-7-8-13(2)15(11-12)16(19)18(10-4-9-17)14-5-3-6-14/h7-8,11,14H,3-6,9-10,17H2,1-2H3. The molecule has 3 nitrogen and oxygen atoms in total. The molecule has 0 unspecified atom stereocenters. The number of amides is 1. The van der Waals surface area contributed by atoms with Gasteiger partial charge in [0.15, 0.2) is 0 Å². The van der Waals surface area contributed by atoms with Gasteiger partial charge in [0.05, 0.1) is 0 Å². The monoisotopic (exact) mass is 260 g/mol. The Kier molecular flexibility index (Phi) is 4.59. The molecule has 0 bridgehead atoms. The van der Waals surface area contributed by atoms with Gasteiger partial charge in [0.1, 0.15) is 0 Å². The lowest BCUT2D eigenvalue weighted by Crippen LogP contribution is -2.45. The fourth-order valence-corrected chi connectivity index (χ4v) is 2.53. The van der Waals surface area contributed by atoms with Crippen molar-refractivity contribution in [3.63, 3.8) is 0 Å². The zero-order chi connectivity index (χ0) is 13.8. The average Bonchev–Trinajstić information content (AvgIpc) is 2.34. The summed E-state index contributed by atoms with van der Waals surface area (Å²) in [5, 5.41) is 0. The molecule has 0 atom stereocenters. The third kappa shape index (κ3) is 3.16. The minimum atomic E-state index is 0.180. The maximum Gasteiger partial charge on any atom is 0.254 e. The zero-order valence-electron chi connectivity index (χ0n) is 12.0. The fourth-order valence-electron chi connectivity index (χ4n) is 2.53. The molecule has 2 N–H and O–H groups in total. The first-order valence-electron chi connectivity index (χ1n) is 7.21. The molecular formula is C16H24N2O. The zero-order valence-corrected chi connectivity index (χ0v) is 12.0. The molecule has 104 valence electrons. The molecule has 1 aromatic rings. The molecule has 1 fully saturated rings. The van der Waals surface area contributed by atoms with Crippen molar-refractivity contribution in [2.24, 2.45) is 5.73 Å². The van der Waals surface area contributed by atoms with E-state index in [1.807, 2.05) is 30.9 Å². The van der Waals surface area contributed by atoms with Gasteiger partial charge in [-0.25, -0.2) is 0 Å². The minimum Gasteiger partial charge on any atom is -0.336 e. The highest BCUT2D eigenvalue weighted by atomic mass is 16.2. The molecule has 0 radical (unpaired) electrons. The number of nitrogens with zero attached hydrogens (tertiary/aromatic N) is 1. The lowest BCUT2D eigenvalue weighted by Gasteiger charge is -2.38. The van der Waals surface area contributed by atoms with E-state index in [1.165, 1.54) is 6.42 Å². The van der Waals surface area contributed by atoms with Gasteiger partial charge in [-0.2, -0.15) is 0 Å². The van der Waals surface area contributed by atoms with Gasteiger partial charge in [0.2, 0.25) is 0 Å². The number of nitrogens with two attached hydrogens (primary N) is 1. The molecule has 0 heterocycles. The largest absolute Gasteiger partial charge is 0.336 e. The van der Waals surface area contributed by atoms with Crippen molar-refractivity contribution in [2.45, 2.75) is 45.6 Å². The summed E-state index contributed by atoms with van der Waals surface area (Å²) in [6.45, 7) is 5.47. The van der Waals surface area contributed by atoms with Crippen molar-refractivity contribution in [3.05, 3.63) is 34.9 Å². The average molecular weight is 260 g/mol. The Labute approximate surface area is 115 Å².